The zero-order chi connectivity index (χ0) is 27.3. The van der Waals surface area contributed by atoms with E-state index in [4.69, 9.17) is 5.26 Å². The zero-order valence-electron chi connectivity index (χ0n) is 22.4. The lowest BCUT2D eigenvalue weighted by atomic mass is 9.91. The smallest absolute Gasteiger partial charge is 0.255 e. The molecule has 0 aliphatic carbocycles. The lowest BCUT2D eigenvalue weighted by molar-refractivity contribution is -0.133. The molecule has 2 aliphatic rings. The van der Waals surface area contributed by atoms with Crippen molar-refractivity contribution >= 4 is 29.1 Å². The number of carbonyl (C=O) groups is 3. The summed E-state index contributed by atoms with van der Waals surface area (Å²) in [6.45, 7) is 11.4. The number of anilines is 2. The molecule has 0 spiro atoms. The minimum absolute atomic E-state index is 0.0653. The summed E-state index contributed by atoms with van der Waals surface area (Å²) in [7, 11) is 0. The van der Waals surface area contributed by atoms with Crippen LogP contribution in [-0.2, 0) is 4.79 Å². The van der Waals surface area contributed by atoms with Crippen LogP contribution in [0, 0.1) is 16.7 Å². The van der Waals surface area contributed by atoms with Crippen LogP contribution in [0.3, 0.4) is 0 Å². The maximum atomic E-state index is 13.2. The van der Waals surface area contributed by atoms with E-state index in [2.05, 4.69) is 42.4 Å². The molecule has 0 saturated carbocycles. The molecule has 3 amide bonds. The van der Waals surface area contributed by atoms with Gasteiger partial charge in [-0.05, 0) is 47.9 Å². The summed E-state index contributed by atoms with van der Waals surface area (Å²) >= 11 is 0. The van der Waals surface area contributed by atoms with E-state index in [0.29, 0.717) is 68.1 Å². The summed E-state index contributed by atoms with van der Waals surface area (Å²) in [6, 6.07) is 13.9. The first kappa shape index (κ1) is 27.1. The Hall–Kier alpha value is -3.90. The monoisotopic (exact) mass is 516 g/mol. The number of benzene rings is 2. The molecule has 2 aromatic carbocycles. The highest BCUT2D eigenvalue weighted by molar-refractivity contribution is 6.07. The Labute approximate surface area is 224 Å². The molecule has 9 nitrogen and oxygen atoms in total. The predicted molar refractivity (Wildman–Crippen MR) is 147 cm³/mol. The van der Waals surface area contributed by atoms with Gasteiger partial charge in [-0.2, -0.15) is 5.26 Å². The Kier molecular flexibility index (Phi) is 8.32. The van der Waals surface area contributed by atoms with E-state index in [1.165, 1.54) is 0 Å². The predicted octanol–water partition coefficient (Wildman–Crippen LogP) is 2.94. The maximum Gasteiger partial charge on any atom is 0.255 e. The number of hydrogen-bond donors (Lipinski definition) is 2. The van der Waals surface area contributed by atoms with Gasteiger partial charge in [0.2, 0.25) is 5.91 Å². The van der Waals surface area contributed by atoms with Crippen LogP contribution in [0.5, 0.6) is 0 Å². The van der Waals surface area contributed by atoms with Crippen molar-refractivity contribution in [3.8, 4) is 6.07 Å². The third-order valence-electron chi connectivity index (χ3n) is 6.83. The molecule has 2 fully saturated rings. The van der Waals surface area contributed by atoms with E-state index in [-0.39, 0.29) is 23.1 Å². The molecule has 2 saturated heterocycles. The number of piperazine rings is 2. The summed E-state index contributed by atoms with van der Waals surface area (Å²) in [5.74, 6) is -0.227. The molecule has 0 unspecified atom stereocenters. The van der Waals surface area contributed by atoms with E-state index in [0.717, 1.165) is 18.8 Å². The number of hydrogen-bond acceptors (Lipinski definition) is 6. The second kappa shape index (κ2) is 11.7. The Morgan fingerprint density at radius 1 is 0.895 bits per heavy atom. The third-order valence-corrected chi connectivity index (χ3v) is 6.83. The molecule has 2 heterocycles. The second-order valence-electron chi connectivity index (χ2n) is 11.0. The van der Waals surface area contributed by atoms with Gasteiger partial charge in [0.05, 0.1) is 23.0 Å². The maximum absolute atomic E-state index is 13.2. The number of nitrogens with zero attached hydrogens (tertiary/aromatic N) is 4. The molecular formula is C29H36N6O3. The average Bonchev–Trinajstić information content (AvgIpc) is 2.92. The van der Waals surface area contributed by atoms with Crippen molar-refractivity contribution in [1.82, 2.24) is 15.1 Å². The molecule has 0 radical (unpaired) electrons. The van der Waals surface area contributed by atoms with Crippen molar-refractivity contribution in [2.45, 2.75) is 27.2 Å². The first-order valence-corrected chi connectivity index (χ1v) is 13.1. The van der Waals surface area contributed by atoms with Crippen molar-refractivity contribution in [1.29, 1.82) is 5.26 Å². The van der Waals surface area contributed by atoms with Crippen LogP contribution in [0.15, 0.2) is 42.5 Å². The summed E-state index contributed by atoms with van der Waals surface area (Å²) < 4.78 is 0. The van der Waals surface area contributed by atoms with Gasteiger partial charge in [0.25, 0.3) is 11.8 Å². The molecule has 38 heavy (non-hydrogen) atoms. The Bertz CT molecular complexity index is 1210. The Morgan fingerprint density at radius 3 is 2.13 bits per heavy atom. The van der Waals surface area contributed by atoms with E-state index < -0.39 is 0 Å². The van der Waals surface area contributed by atoms with Gasteiger partial charge < -0.3 is 25.3 Å². The molecule has 0 bridgehead atoms. The summed E-state index contributed by atoms with van der Waals surface area (Å²) in [5, 5.41) is 15.3. The zero-order valence-corrected chi connectivity index (χ0v) is 22.4. The van der Waals surface area contributed by atoms with Crippen molar-refractivity contribution in [3.63, 3.8) is 0 Å². The van der Waals surface area contributed by atoms with Gasteiger partial charge in [0, 0.05) is 69.9 Å². The lowest BCUT2D eigenvalue weighted by Gasteiger charge is -2.38. The van der Waals surface area contributed by atoms with Crippen molar-refractivity contribution in [2.24, 2.45) is 5.41 Å². The molecule has 2 aliphatic heterocycles. The summed E-state index contributed by atoms with van der Waals surface area (Å²) in [4.78, 5) is 44.9. The average molecular weight is 517 g/mol. The molecule has 0 aromatic heterocycles. The highest BCUT2D eigenvalue weighted by Gasteiger charge is 2.27. The van der Waals surface area contributed by atoms with E-state index >= 15 is 0 Å². The highest BCUT2D eigenvalue weighted by Crippen LogP contribution is 2.30. The number of nitrogens with one attached hydrogen (secondary N) is 2. The lowest BCUT2D eigenvalue weighted by Crippen LogP contribution is -2.49. The fraction of sp³-hybridized carbons (Fsp3) is 0.448. The van der Waals surface area contributed by atoms with Crippen LogP contribution in [-0.4, -0.2) is 79.9 Å². The van der Waals surface area contributed by atoms with E-state index in [1.54, 1.807) is 30.3 Å². The van der Waals surface area contributed by atoms with Crippen LogP contribution < -0.4 is 15.5 Å². The van der Waals surface area contributed by atoms with Crippen LogP contribution in [0.2, 0.25) is 0 Å². The van der Waals surface area contributed by atoms with Crippen LogP contribution in [0.4, 0.5) is 11.4 Å². The number of rotatable bonds is 5. The summed E-state index contributed by atoms with van der Waals surface area (Å²) in [5.41, 5.74) is 2.71. The SMILES string of the molecule is CC(C)(C)CC(=O)N1CCN(c2ccc(C(=O)N3CCNCC3)cc2NC(=O)c2ccc(C#N)cc2)CC1. The fourth-order valence-electron chi connectivity index (χ4n) is 4.75. The van der Waals surface area contributed by atoms with Gasteiger partial charge in [-0.3, -0.25) is 14.4 Å². The fourth-order valence-corrected chi connectivity index (χ4v) is 4.75. The van der Waals surface area contributed by atoms with Gasteiger partial charge in [0.1, 0.15) is 0 Å². The van der Waals surface area contributed by atoms with Gasteiger partial charge in [-0.15, -0.1) is 0 Å². The van der Waals surface area contributed by atoms with Crippen molar-refractivity contribution < 1.29 is 14.4 Å². The van der Waals surface area contributed by atoms with Crippen LogP contribution >= 0.6 is 0 Å². The molecule has 2 N–H and O–H groups in total. The van der Waals surface area contributed by atoms with Crippen LogP contribution in [0.1, 0.15) is 53.5 Å². The Balaban J connectivity index is 1.56. The van der Waals surface area contributed by atoms with Gasteiger partial charge in [0.15, 0.2) is 0 Å². The topological polar surface area (TPSA) is 109 Å². The third kappa shape index (κ3) is 6.69. The number of nitriles is 1. The molecule has 0 atom stereocenters. The Morgan fingerprint density at radius 2 is 1.53 bits per heavy atom. The van der Waals surface area contributed by atoms with E-state index in [1.807, 2.05) is 21.9 Å². The molecule has 200 valence electrons. The van der Waals surface area contributed by atoms with Crippen molar-refractivity contribution in [2.75, 3.05) is 62.6 Å². The highest BCUT2D eigenvalue weighted by atomic mass is 16.2. The minimum atomic E-state index is -0.318. The molecule has 2 aromatic rings. The largest absolute Gasteiger partial charge is 0.366 e. The first-order valence-electron chi connectivity index (χ1n) is 13.1. The quantitative estimate of drug-likeness (QED) is 0.633. The normalized spacial score (nSPS) is 16.1. The standard InChI is InChI=1S/C29H36N6O3/c1-29(2,3)19-26(36)34-16-14-33(15-17-34)25-9-8-23(28(38)35-12-10-31-11-13-35)18-24(25)32-27(37)22-6-4-21(20-30)5-7-22/h4-9,18,31H,10-17,19H2,1-3H3,(H,32,37). The van der Waals surface area contributed by atoms with Gasteiger partial charge >= 0.3 is 0 Å². The van der Waals surface area contributed by atoms with Gasteiger partial charge in [-0.25, -0.2) is 0 Å². The van der Waals surface area contributed by atoms with Crippen LogP contribution in [0.25, 0.3) is 0 Å². The molecule has 4 rings (SSSR count). The summed E-state index contributed by atoms with van der Waals surface area (Å²) in [6.07, 6.45) is 0.502. The molecular weight excluding hydrogens is 480 g/mol. The number of amides is 3. The first-order chi connectivity index (χ1) is 18.1. The second-order valence-corrected chi connectivity index (χ2v) is 11.0. The number of carbonyl (C=O) groups excluding carboxylic acids is 3. The van der Waals surface area contributed by atoms with Crippen molar-refractivity contribution in [3.05, 3.63) is 59.2 Å². The van der Waals surface area contributed by atoms with Gasteiger partial charge in [-0.1, -0.05) is 20.8 Å². The van der Waals surface area contributed by atoms with E-state index in [9.17, 15) is 14.4 Å². The molecule has 9 heteroatoms. The minimum Gasteiger partial charge on any atom is -0.366 e.